The van der Waals surface area contributed by atoms with Gasteiger partial charge in [0, 0.05) is 5.38 Å². The molecule has 1 aliphatic rings. The third kappa shape index (κ3) is 4.76. The topological polar surface area (TPSA) is 0 Å². The zero-order chi connectivity index (χ0) is 11.3. The van der Waals surface area contributed by atoms with Crippen molar-refractivity contribution in [1.29, 1.82) is 0 Å². The van der Waals surface area contributed by atoms with Crippen LogP contribution in [0.1, 0.15) is 65.7 Å². The van der Waals surface area contributed by atoms with Crippen molar-refractivity contribution in [3.05, 3.63) is 0 Å². The Hall–Kier alpha value is 0.290. The van der Waals surface area contributed by atoms with E-state index in [1.54, 1.807) is 0 Å². The van der Waals surface area contributed by atoms with Crippen LogP contribution >= 0.6 is 11.6 Å². The van der Waals surface area contributed by atoms with Gasteiger partial charge in [0.1, 0.15) is 0 Å². The molecule has 15 heavy (non-hydrogen) atoms. The normalized spacial score (nSPS) is 29.4. The number of hydrogen-bond donors (Lipinski definition) is 0. The molecule has 0 aromatic carbocycles. The maximum Gasteiger partial charge on any atom is 0.0364 e. The van der Waals surface area contributed by atoms with Gasteiger partial charge in [0.05, 0.1) is 0 Å². The molecular formula is C14H27Cl. The van der Waals surface area contributed by atoms with Gasteiger partial charge in [-0.2, -0.15) is 0 Å². The first-order valence-corrected chi connectivity index (χ1v) is 7.21. The SMILES string of the molecule is CCCC(Cl)C1CCCC(CC(C)C)C1. The van der Waals surface area contributed by atoms with Crippen molar-refractivity contribution in [3.63, 3.8) is 0 Å². The van der Waals surface area contributed by atoms with E-state index < -0.39 is 0 Å². The highest BCUT2D eigenvalue weighted by molar-refractivity contribution is 6.20. The minimum atomic E-state index is 0.449. The third-order valence-electron chi connectivity index (χ3n) is 3.70. The number of rotatable bonds is 5. The third-order valence-corrected chi connectivity index (χ3v) is 4.28. The van der Waals surface area contributed by atoms with Crippen LogP contribution in [0.15, 0.2) is 0 Å². The summed E-state index contributed by atoms with van der Waals surface area (Å²) in [5.41, 5.74) is 0. The van der Waals surface area contributed by atoms with Crippen LogP contribution in [0, 0.1) is 17.8 Å². The van der Waals surface area contributed by atoms with E-state index in [-0.39, 0.29) is 0 Å². The first-order valence-electron chi connectivity index (χ1n) is 6.77. The average Bonchev–Trinajstić information content (AvgIpc) is 2.17. The number of halogens is 1. The van der Waals surface area contributed by atoms with E-state index in [4.69, 9.17) is 11.6 Å². The van der Waals surface area contributed by atoms with Crippen LogP contribution in [0.5, 0.6) is 0 Å². The molecular weight excluding hydrogens is 204 g/mol. The molecule has 90 valence electrons. The van der Waals surface area contributed by atoms with Crippen molar-refractivity contribution in [2.45, 2.75) is 71.1 Å². The number of alkyl halides is 1. The summed E-state index contributed by atoms with van der Waals surface area (Å²) in [5.74, 6) is 2.62. The van der Waals surface area contributed by atoms with Crippen LogP contribution in [-0.2, 0) is 0 Å². The minimum absolute atomic E-state index is 0.449. The van der Waals surface area contributed by atoms with Crippen LogP contribution in [0.3, 0.4) is 0 Å². The van der Waals surface area contributed by atoms with Crippen molar-refractivity contribution < 1.29 is 0 Å². The van der Waals surface area contributed by atoms with Crippen molar-refractivity contribution in [3.8, 4) is 0 Å². The zero-order valence-corrected chi connectivity index (χ0v) is 11.4. The molecule has 0 N–H and O–H groups in total. The van der Waals surface area contributed by atoms with Crippen molar-refractivity contribution in [1.82, 2.24) is 0 Å². The van der Waals surface area contributed by atoms with Crippen molar-refractivity contribution in [2.24, 2.45) is 17.8 Å². The summed E-state index contributed by atoms with van der Waals surface area (Å²) in [4.78, 5) is 0. The first-order chi connectivity index (χ1) is 7.13. The Kier molecular flexibility index (Phi) is 6.04. The van der Waals surface area contributed by atoms with Crippen molar-refractivity contribution in [2.75, 3.05) is 0 Å². The first kappa shape index (κ1) is 13.4. The molecule has 3 atom stereocenters. The molecule has 0 bridgehead atoms. The quantitative estimate of drug-likeness (QED) is 0.566. The highest BCUT2D eigenvalue weighted by Crippen LogP contribution is 2.37. The standard InChI is InChI=1S/C14H27Cl/c1-4-6-14(15)13-8-5-7-12(10-13)9-11(2)3/h11-14H,4-10H2,1-3H3. The minimum Gasteiger partial charge on any atom is -0.123 e. The lowest BCUT2D eigenvalue weighted by atomic mass is 9.76. The zero-order valence-electron chi connectivity index (χ0n) is 10.6. The van der Waals surface area contributed by atoms with Gasteiger partial charge in [0.15, 0.2) is 0 Å². The lowest BCUT2D eigenvalue weighted by molar-refractivity contribution is 0.227. The molecule has 0 nitrogen and oxygen atoms in total. The molecule has 0 saturated heterocycles. The van der Waals surface area contributed by atoms with Gasteiger partial charge in [-0.25, -0.2) is 0 Å². The summed E-state index contributed by atoms with van der Waals surface area (Å²) in [5, 5.41) is 0.449. The summed E-state index contributed by atoms with van der Waals surface area (Å²) >= 11 is 6.46. The molecule has 0 aromatic rings. The Morgan fingerprint density at radius 3 is 2.60 bits per heavy atom. The molecule has 1 fully saturated rings. The molecule has 0 amide bonds. The lowest BCUT2D eigenvalue weighted by Gasteiger charge is -2.32. The van der Waals surface area contributed by atoms with Crippen LogP contribution < -0.4 is 0 Å². The van der Waals surface area contributed by atoms with E-state index in [9.17, 15) is 0 Å². The summed E-state index contributed by atoms with van der Waals surface area (Å²) in [6.45, 7) is 6.92. The van der Waals surface area contributed by atoms with Crippen LogP contribution in [0.2, 0.25) is 0 Å². The van der Waals surface area contributed by atoms with E-state index in [1.165, 1.54) is 44.9 Å². The fraction of sp³-hybridized carbons (Fsp3) is 1.00. The van der Waals surface area contributed by atoms with Crippen LogP contribution in [0.25, 0.3) is 0 Å². The largest absolute Gasteiger partial charge is 0.123 e. The van der Waals surface area contributed by atoms with E-state index in [1.807, 2.05) is 0 Å². The second-order valence-electron chi connectivity index (χ2n) is 5.73. The molecule has 0 radical (unpaired) electrons. The highest BCUT2D eigenvalue weighted by atomic mass is 35.5. The number of hydrogen-bond acceptors (Lipinski definition) is 0. The van der Waals surface area contributed by atoms with E-state index in [0.717, 1.165) is 17.8 Å². The Bertz CT molecular complexity index is 165. The molecule has 0 aromatic heterocycles. The lowest BCUT2D eigenvalue weighted by Crippen LogP contribution is -2.24. The summed E-state index contributed by atoms with van der Waals surface area (Å²) in [6.07, 6.45) is 9.49. The Balaban J connectivity index is 2.34. The maximum atomic E-state index is 6.46. The molecule has 0 spiro atoms. The van der Waals surface area contributed by atoms with E-state index >= 15 is 0 Å². The van der Waals surface area contributed by atoms with E-state index in [0.29, 0.717) is 5.38 Å². The molecule has 1 saturated carbocycles. The average molecular weight is 231 g/mol. The Morgan fingerprint density at radius 1 is 1.27 bits per heavy atom. The van der Waals surface area contributed by atoms with Gasteiger partial charge >= 0.3 is 0 Å². The Labute approximate surface area is 101 Å². The van der Waals surface area contributed by atoms with Gasteiger partial charge < -0.3 is 0 Å². The highest BCUT2D eigenvalue weighted by Gasteiger charge is 2.26. The van der Waals surface area contributed by atoms with Gasteiger partial charge in [0.2, 0.25) is 0 Å². The second kappa shape index (κ2) is 6.78. The molecule has 1 rings (SSSR count). The van der Waals surface area contributed by atoms with Gasteiger partial charge in [-0.3, -0.25) is 0 Å². The van der Waals surface area contributed by atoms with Gasteiger partial charge in [0.25, 0.3) is 0 Å². The molecule has 3 unspecified atom stereocenters. The summed E-state index contributed by atoms with van der Waals surface area (Å²) < 4.78 is 0. The summed E-state index contributed by atoms with van der Waals surface area (Å²) in [7, 11) is 0. The van der Waals surface area contributed by atoms with Gasteiger partial charge in [-0.15, -0.1) is 11.6 Å². The molecule has 0 aliphatic heterocycles. The fourth-order valence-corrected chi connectivity index (χ4v) is 3.50. The van der Waals surface area contributed by atoms with Gasteiger partial charge in [-0.05, 0) is 43.4 Å². The van der Waals surface area contributed by atoms with Crippen molar-refractivity contribution >= 4 is 11.6 Å². The Morgan fingerprint density at radius 2 is 2.00 bits per heavy atom. The monoisotopic (exact) mass is 230 g/mol. The molecule has 0 heterocycles. The van der Waals surface area contributed by atoms with Crippen LogP contribution in [-0.4, -0.2) is 5.38 Å². The fourth-order valence-electron chi connectivity index (χ4n) is 3.05. The second-order valence-corrected chi connectivity index (χ2v) is 6.29. The van der Waals surface area contributed by atoms with Gasteiger partial charge in [-0.1, -0.05) is 40.0 Å². The molecule has 1 aliphatic carbocycles. The van der Waals surface area contributed by atoms with E-state index in [2.05, 4.69) is 20.8 Å². The predicted molar refractivity (Wildman–Crippen MR) is 69.5 cm³/mol. The summed E-state index contributed by atoms with van der Waals surface area (Å²) in [6, 6.07) is 0. The predicted octanol–water partition coefficient (Wildman–Crippen LogP) is 5.25. The maximum absolute atomic E-state index is 6.46. The van der Waals surface area contributed by atoms with Crippen LogP contribution in [0.4, 0.5) is 0 Å². The molecule has 1 heteroatoms. The smallest absolute Gasteiger partial charge is 0.0364 e.